The molecule has 0 spiro atoms. The molecule has 6 heteroatoms. The molecule has 1 aliphatic carbocycles. The van der Waals surface area contributed by atoms with Gasteiger partial charge in [-0.05, 0) is 38.1 Å². The van der Waals surface area contributed by atoms with Gasteiger partial charge < -0.3 is 5.32 Å². The predicted octanol–water partition coefficient (Wildman–Crippen LogP) is 1.56. The average molecular weight is 331 g/mol. The zero-order valence-electron chi connectivity index (χ0n) is 15.0. The molecule has 4 fully saturated rings. The summed E-state index contributed by atoms with van der Waals surface area (Å²) in [7, 11) is 0. The molecule has 3 aliphatic heterocycles. The van der Waals surface area contributed by atoms with Gasteiger partial charge in [-0.1, -0.05) is 26.0 Å². The van der Waals surface area contributed by atoms with Crippen LogP contribution in [0.1, 0.15) is 52.1 Å². The summed E-state index contributed by atoms with van der Waals surface area (Å²) < 4.78 is 1.99. The summed E-state index contributed by atoms with van der Waals surface area (Å²) in [5.74, 6) is 1.02. The Kier molecular flexibility index (Phi) is 3.90. The molecule has 1 unspecified atom stereocenters. The van der Waals surface area contributed by atoms with E-state index < -0.39 is 0 Å². The number of amides is 1. The first-order valence-corrected chi connectivity index (χ1v) is 9.35. The van der Waals surface area contributed by atoms with E-state index in [4.69, 9.17) is 0 Å². The Morgan fingerprint density at radius 1 is 1.33 bits per heavy atom. The van der Waals surface area contributed by atoms with Crippen molar-refractivity contribution in [2.24, 2.45) is 11.8 Å². The van der Waals surface area contributed by atoms with Crippen molar-refractivity contribution in [2.45, 2.75) is 70.5 Å². The molecule has 1 saturated carbocycles. The van der Waals surface area contributed by atoms with Gasteiger partial charge in [-0.3, -0.25) is 14.4 Å². The van der Waals surface area contributed by atoms with Crippen LogP contribution in [-0.4, -0.2) is 51.0 Å². The smallest absolute Gasteiger partial charge is 0.224 e. The molecule has 3 saturated heterocycles. The third-order valence-corrected chi connectivity index (χ3v) is 5.84. The third-order valence-electron chi connectivity index (χ3n) is 5.84. The Labute approximate surface area is 144 Å². The van der Waals surface area contributed by atoms with Gasteiger partial charge in [0.1, 0.15) is 0 Å². The maximum atomic E-state index is 12.5. The summed E-state index contributed by atoms with van der Waals surface area (Å²) >= 11 is 0. The number of piperidine rings is 3. The maximum Gasteiger partial charge on any atom is 0.224 e. The highest BCUT2D eigenvalue weighted by molar-refractivity contribution is 5.80. The van der Waals surface area contributed by atoms with E-state index in [-0.39, 0.29) is 11.3 Å². The van der Waals surface area contributed by atoms with Crippen molar-refractivity contribution in [2.75, 3.05) is 13.1 Å². The minimum atomic E-state index is 0.0378. The van der Waals surface area contributed by atoms with Gasteiger partial charge in [0.25, 0.3) is 0 Å². The largest absolute Gasteiger partial charge is 0.353 e. The molecule has 5 rings (SSSR count). The number of nitrogens with zero attached hydrogens (tertiary/aromatic N) is 4. The summed E-state index contributed by atoms with van der Waals surface area (Å²) in [4.78, 5) is 14.9. The molecule has 1 amide bonds. The van der Waals surface area contributed by atoms with Gasteiger partial charge in [0.05, 0.1) is 18.2 Å². The van der Waals surface area contributed by atoms with Gasteiger partial charge in [0.2, 0.25) is 5.91 Å². The molecule has 0 aromatic carbocycles. The lowest BCUT2D eigenvalue weighted by atomic mass is 9.75. The lowest BCUT2D eigenvalue weighted by Crippen LogP contribution is -2.58. The second-order valence-electron chi connectivity index (χ2n) is 8.90. The van der Waals surface area contributed by atoms with Gasteiger partial charge in [0, 0.05) is 30.2 Å². The Bertz CT molecular complexity index is 615. The molecule has 4 aliphatic rings. The molecule has 1 aromatic rings. The fourth-order valence-corrected chi connectivity index (χ4v) is 4.11. The van der Waals surface area contributed by atoms with Gasteiger partial charge in [0.15, 0.2) is 0 Å². The van der Waals surface area contributed by atoms with Crippen molar-refractivity contribution in [3.63, 3.8) is 0 Å². The number of hydrogen-bond acceptors (Lipinski definition) is 4. The number of nitrogens with one attached hydrogen (secondary N) is 1. The van der Waals surface area contributed by atoms with Crippen molar-refractivity contribution >= 4 is 5.91 Å². The van der Waals surface area contributed by atoms with Gasteiger partial charge in [-0.2, -0.15) is 0 Å². The van der Waals surface area contributed by atoms with Crippen LogP contribution < -0.4 is 5.32 Å². The number of aromatic nitrogens is 3. The highest BCUT2D eigenvalue weighted by Crippen LogP contribution is 2.37. The van der Waals surface area contributed by atoms with E-state index in [0.29, 0.717) is 23.9 Å². The highest BCUT2D eigenvalue weighted by atomic mass is 16.2. The van der Waals surface area contributed by atoms with Crippen LogP contribution in [0.5, 0.6) is 0 Å². The zero-order chi connectivity index (χ0) is 16.9. The van der Waals surface area contributed by atoms with Crippen LogP contribution in [0, 0.1) is 11.8 Å². The topological polar surface area (TPSA) is 63.1 Å². The standard InChI is InChI=1S/C18H29N5O/c1-18(2,3)16-11-23(21-20-16)9-14-8-12-6-7-22(14)10-15(12)17(24)19-13-4-5-13/h11-15H,4-10H2,1-3H3,(H,19,24)/t12-,14+,15-/m0/s1. The van der Waals surface area contributed by atoms with Crippen LogP contribution in [0.15, 0.2) is 6.20 Å². The highest BCUT2D eigenvalue weighted by Gasteiger charge is 2.44. The van der Waals surface area contributed by atoms with E-state index in [2.05, 4.69) is 47.5 Å². The molecule has 4 heterocycles. The number of carbonyl (C=O) groups excluding carboxylic acids is 1. The SMILES string of the molecule is CC(C)(C)c1cn(C[C@H]2C[C@@H]3CCN2C[C@@H]3C(=O)NC2CC2)nn1. The molecular formula is C18H29N5O. The van der Waals surface area contributed by atoms with E-state index in [1.54, 1.807) is 0 Å². The van der Waals surface area contributed by atoms with E-state index >= 15 is 0 Å². The van der Waals surface area contributed by atoms with E-state index in [1.807, 2.05) is 4.68 Å². The maximum absolute atomic E-state index is 12.5. The van der Waals surface area contributed by atoms with Crippen LogP contribution in [-0.2, 0) is 16.8 Å². The van der Waals surface area contributed by atoms with Crippen LogP contribution in [0.2, 0.25) is 0 Å². The normalized spacial score (nSPS) is 32.8. The second kappa shape index (κ2) is 5.83. The zero-order valence-corrected chi connectivity index (χ0v) is 15.0. The van der Waals surface area contributed by atoms with Crippen molar-refractivity contribution in [3.8, 4) is 0 Å². The summed E-state index contributed by atoms with van der Waals surface area (Å²) in [6, 6.07) is 0.956. The van der Waals surface area contributed by atoms with Crippen molar-refractivity contribution in [1.29, 1.82) is 0 Å². The first-order chi connectivity index (χ1) is 11.4. The molecule has 4 atom stereocenters. The van der Waals surface area contributed by atoms with Crippen LogP contribution in [0.4, 0.5) is 0 Å². The molecule has 6 nitrogen and oxygen atoms in total. The minimum absolute atomic E-state index is 0.0378. The van der Waals surface area contributed by atoms with Gasteiger partial charge in [-0.15, -0.1) is 5.10 Å². The monoisotopic (exact) mass is 331 g/mol. The van der Waals surface area contributed by atoms with E-state index in [1.165, 1.54) is 0 Å². The summed E-state index contributed by atoms with van der Waals surface area (Å²) in [5, 5.41) is 11.9. The van der Waals surface area contributed by atoms with Crippen molar-refractivity contribution in [3.05, 3.63) is 11.9 Å². The fourth-order valence-electron chi connectivity index (χ4n) is 4.11. The van der Waals surface area contributed by atoms with Gasteiger partial charge in [-0.25, -0.2) is 0 Å². The molecule has 0 radical (unpaired) electrons. The number of rotatable bonds is 4. The first kappa shape index (κ1) is 16.1. The lowest BCUT2D eigenvalue weighted by molar-refractivity contribution is -0.133. The Balaban J connectivity index is 1.38. The molecule has 2 bridgehead atoms. The van der Waals surface area contributed by atoms with Crippen molar-refractivity contribution in [1.82, 2.24) is 25.2 Å². The second-order valence-corrected chi connectivity index (χ2v) is 8.90. The predicted molar refractivity (Wildman–Crippen MR) is 91.5 cm³/mol. The van der Waals surface area contributed by atoms with Crippen LogP contribution >= 0.6 is 0 Å². The van der Waals surface area contributed by atoms with E-state index in [0.717, 1.165) is 51.0 Å². The Hall–Kier alpha value is -1.43. The first-order valence-electron chi connectivity index (χ1n) is 9.35. The molecule has 1 N–H and O–H groups in total. The third kappa shape index (κ3) is 3.21. The van der Waals surface area contributed by atoms with Gasteiger partial charge >= 0.3 is 0 Å². The lowest BCUT2D eigenvalue weighted by Gasteiger charge is -2.49. The Morgan fingerprint density at radius 3 is 2.71 bits per heavy atom. The average Bonchev–Trinajstić information content (AvgIpc) is 3.21. The molecule has 132 valence electrons. The summed E-state index contributed by atoms with van der Waals surface area (Å²) in [6.07, 6.45) is 6.67. The molecular weight excluding hydrogens is 302 g/mol. The summed E-state index contributed by atoms with van der Waals surface area (Å²) in [5.41, 5.74) is 1.08. The van der Waals surface area contributed by atoms with Crippen LogP contribution in [0.3, 0.4) is 0 Å². The molecule has 24 heavy (non-hydrogen) atoms. The number of hydrogen-bond donors (Lipinski definition) is 1. The Morgan fingerprint density at radius 2 is 2.12 bits per heavy atom. The quantitative estimate of drug-likeness (QED) is 0.909. The van der Waals surface area contributed by atoms with E-state index in [9.17, 15) is 4.79 Å². The summed E-state index contributed by atoms with van der Waals surface area (Å²) in [6.45, 7) is 9.40. The number of fused-ring (bicyclic) bond motifs is 3. The fraction of sp³-hybridized carbons (Fsp3) is 0.833. The van der Waals surface area contributed by atoms with Crippen LogP contribution in [0.25, 0.3) is 0 Å². The van der Waals surface area contributed by atoms with Crippen molar-refractivity contribution < 1.29 is 4.79 Å². The minimum Gasteiger partial charge on any atom is -0.353 e. The number of carbonyl (C=O) groups is 1. The molecule has 1 aromatic heterocycles.